The first-order valence-corrected chi connectivity index (χ1v) is 6.82. The molecule has 2 rings (SSSR count). The molecule has 0 spiro atoms. The summed E-state index contributed by atoms with van der Waals surface area (Å²) in [6.07, 6.45) is 1.38. The first-order valence-electron chi connectivity index (χ1n) is 6.03. The van der Waals surface area contributed by atoms with Crippen molar-refractivity contribution in [1.29, 1.82) is 0 Å². The van der Waals surface area contributed by atoms with Gasteiger partial charge in [-0.05, 0) is 40.9 Å². The molecule has 2 amide bonds. The highest BCUT2D eigenvalue weighted by Crippen LogP contribution is 2.23. The predicted molar refractivity (Wildman–Crippen MR) is 71.9 cm³/mol. The lowest BCUT2D eigenvalue weighted by molar-refractivity contribution is -0.123. The number of piperidine rings is 1. The zero-order valence-electron chi connectivity index (χ0n) is 10.2. The number of likely N-dealkylation sites (tertiary alicyclic amines) is 1. The molecule has 1 atom stereocenters. The maximum Gasteiger partial charge on any atom is 0.256 e. The quantitative estimate of drug-likeness (QED) is 0.901. The predicted octanol–water partition coefficient (Wildman–Crippen LogP) is 1.93. The zero-order chi connectivity index (χ0) is 14.0. The Balaban J connectivity index is 2.19. The number of halogens is 2. The number of benzene rings is 1. The second-order valence-corrected chi connectivity index (χ2v) is 5.45. The van der Waals surface area contributed by atoms with Gasteiger partial charge in [0.25, 0.3) is 5.91 Å². The first kappa shape index (κ1) is 14.0. The molecule has 1 aromatic carbocycles. The van der Waals surface area contributed by atoms with E-state index in [0.717, 1.165) is 0 Å². The molecule has 1 fully saturated rings. The smallest absolute Gasteiger partial charge is 0.256 e. The molecule has 2 N–H and O–H groups in total. The van der Waals surface area contributed by atoms with E-state index < -0.39 is 17.6 Å². The third-order valence-corrected chi connectivity index (χ3v) is 3.91. The van der Waals surface area contributed by atoms with Crippen LogP contribution in [0.15, 0.2) is 22.7 Å². The lowest BCUT2D eigenvalue weighted by Gasteiger charge is -2.31. The number of primary amides is 1. The van der Waals surface area contributed by atoms with Crippen molar-refractivity contribution in [2.24, 2.45) is 11.7 Å². The molecule has 102 valence electrons. The zero-order valence-corrected chi connectivity index (χ0v) is 11.8. The molecule has 1 saturated heterocycles. The van der Waals surface area contributed by atoms with E-state index in [-0.39, 0.29) is 22.5 Å². The molecule has 0 bridgehead atoms. The second kappa shape index (κ2) is 5.69. The van der Waals surface area contributed by atoms with Crippen LogP contribution in [0.5, 0.6) is 0 Å². The monoisotopic (exact) mass is 328 g/mol. The Morgan fingerprint density at radius 2 is 2.16 bits per heavy atom. The summed E-state index contributed by atoms with van der Waals surface area (Å²) in [5, 5.41) is 0. The topological polar surface area (TPSA) is 63.4 Å². The van der Waals surface area contributed by atoms with Gasteiger partial charge in [0.1, 0.15) is 5.82 Å². The van der Waals surface area contributed by atoms with Gasteiger partial charge in [0.2, 0.25) is 5.91 Å². The van der Waals surface area contributed by atoms with Crippen molar-refractivity contribution in [1.82, 2.24) is 4.90 Å². The Hall–Kier alpha value is -1.43. The molecule has 0 saturated carbocycles. The Morgan fingerprint density at radius 1 is 1.42 bits per heavy atom. The third-order valence-electron chi connectivity index (χ3n) is 3.29. The first-order chi connectivity index (χ1) is 9.00. The number of carbonyl (C=O) groups excluding carboxylic acids is 2. The molecule has 1 aliphatic rings. The van der Waals surface area contributed by atoms with Crippen LogP contribution in [0.25, 0.3) is 0 Å². The highest BCUT2D eigenvalue weighted by molar-refractivity contribution is 9.10. The third kappa shape index (κ3) is 2.94. The Bertz CT molecular complexity index is 521. The average molecular weight is 329 g/mol. The minimum Gasteiger partial charge on any atom is -0.369 e. The summed E-state index contributed by atoms with van der Waals surface area (Å²) in [7, 11) is 0. The van der Waals surface area contributed by atoms with Crippen LogP contribution < -0.4 is 5.73 Å². The van der Waals surface area contributed by atoms with E-state index in [2.05, 4.69) is 15.9 Å². The van der Waals surface area contributed by atoms with Crippen molar-refractivity contribution in [2.75, 3.05) is 13.1 Å². The Kier molecular flexibility index (Phi) is 4.19. The van der Waals surface area contributed by atoms with Crippen LogP contribution in [0.2, 0.25) is 0 Å². The van der Waals surface area contributed by atoms with E-state index in [0.29, 0.717) is 19.4 Å². The summed E-state index contributed by atoms with van der Waals surface area (Å²) in [5.74, 6) is -1.72. The fourth-order valence-electron chi connectivity index (χ4n) is 2.23. The van der Waals surface area contributed by atoms with E-state index in [9.17, 15) is 14.0 Å². The number of carbonyl (C=O) groups is 2. The number of hydrogen-bond donors (Lipinski definition) is 1. The van der Waals surface area contributed by atoms with Crippen molar-refractivity contribution in [3.05, 3.63) is 34.1 Å². The molecule has 0 aromatic heterocycles. The van der Waals surface area contributed by atoms with Crippen molar-refractivity contribution >= 4 is 27.7 Å². The minimum atomic E-state index is -0.575. The van der Waals surface area contributed by atoms with Gasteiger partial charge < -0.3 is 10.6 Å². The average Bonchev–Trinajstić information content (AvgIpc) is 2.41. The van der Waals surface area contributed by atoms with Gasteiger partial charge in [-0.25, -0.2) is 4.39 Å². The number of nitrogens with two attached hydrogens (primary N) is 1. The van der Waals surface area contributed by atoms with E-state index in [4.69, 9.17) is 5.73 Å². The summed E-state index contributed by atoms with van der Waals surface area (Å²) >= 11 is 3.05. The van der Waals surface area contributed by atoms with Crippen LogP contribution in [0.3, 0.4) is 0 Å². The van der Waals surface area contributed by atoms with Gasteiger partial charge in [0.05, 0.1) is 16.0 Å². The number of nitrogens with zero attached hydrogens (tertiary/aromatic N) is 1. The standard InChI is InChI=1S/C13H14BrFN2O2/c14-10-5-1-4-9(11(10)15)13(19)17-6-2-3-8(7-17)12(16)18/h1,4-5,8H,2-3,6-7H2,(H2,16,18). The molecular weight excluding hydrogens is 315 g/mol. The van der Waals surface area contributed by atoms with E-state index >= 15 is 0 Å². The number of amides is 2. The van der Waals surface area contributed by atoms with Gasteiger partial charge >= 0.3 is 0 Å². The van der Waals surface area contributed by atoms with Crippen molar-refractivity contribution in [3.8, 4) is 0 Å². The van der Waals surface area contributed by atoms with Crippen LogP contribution in [0.4, 0.5) is 4.39 Å². The molecule has 19 heavy (non-hydrogen) atoms. The summed E-state index contributed by atoms with van der Waals surface area (Å²) in [6, 6.07) is 4.58. The molecule has 4 nitrogen and oxygen atoms in total. The van der Waals surface area contributed by atoms with Crippen molar-refractivity contribution < 1.29 is 14.0 Å². The molecule has 1 unspecified atom stereocenters. The lowest BCUT2D eigenvalue weighted by atomic mass is 9.97. The van der Waals surface area contributed by atoms with Gasteiger partial charge in [-0.3, -0.25) is 9.59 Å². The number of hydrogen-bond acceptors (Lipinski definition) is 2. The van der Waals surface area contributed by atoms with E-state index in [1.165, 1.54) is 17.0 Å². The van der Waals surface area contributed by atoms with Crippen LogP contribution in [0, 0.1) is 11.7 Å². The van der Waals surface area contributed by atoms with Gasteiger partial charge in [0.15, 0.2) is 0 Å². The van der Waals surface area contributed by atoms with Gasteiger partial charge in [-0.1, -0.05) is 6.07 Å². The molecule has 6 heteroatoms. The van der Waals surface area contributed by atoms with Crippen LogP contribution >= 0.6 is 15.9 Å². The van der Waals surface area contributed by atoms with E-state index in [1.54, 1.807) is 6.07 Å². The molecule has 0 aliphatic carbocycles. The highest BCUT2D eigenvalue weighted by atomic mass is 79.9. The number of rotatable bonds is 2. The maximum absolute atomic E-state index is 13.9. The van der Waals surface area contributed by atoms with Gasteiger partial charge in [-0.15, -0.1) is 0 Å². The fraction of sp³-hybridized carbons (Fsp3) is 0.385. The lowest BCUT2D eigenvalue weighted by Crippen LogP contribution is -2.44. The highest BCUT2D eigenvalue weighted by Gasteiger charge is 2.28. The van der Waals surface area contributed by atoms with Crippen LogP contribution in [-0.2, 0) is 4.79 Å². The van der Waals surface area contributed by atoms with Gasteiger partial charge in [-0.2, -0.15) is 0 Å². The summed E-state index contributed by atoms with van der Waals surface area (Å²) in [4.78, 5) is 24.9. The maximum atomic E-state index is 13.9. The molecular formula is C13H14BrFN2O2. The summed E-state index contributed by atoms with van der Waals surface area (Å²) in [6.45, 7) is 0.786. The Labute approximate surface area is 118 Å². The van der Waals surface area contributed by atoms with Crippen molar-refractivity contribution in [2.45, 2.75) is 12.8 Å². The largest absolute Gasteiger partial charge is 0.369 e. The van der Waals surface area contributed by atoms with E-state index in [1.807, 2.05) is 0 Å². The van der Waals surface area contributed by atoms with Gasteiger partial charge in [0, 0.05) is 13.1 Å². The summed E-state index contributed by atoms with van der Waals surface area (Å²) < 4.78 is 14.1. The molecule has 1 aromatic rings. The summed E-state index contributed by atoms with van der Waals surface area (Å²) in [5.41, 5.74) is 5.28. The fourth-order valence-corrected chi connectivity index (χ4v) is 2.60. The molecule has 1 heterocycles. The van der Waals surface area contributed by atoms with Crippen molar-refractivity contribution in [3.63, 3.8) is 0 Å². The molecule has 1 aliphatic heterocycles. The van der Waals surface area contributed by atoms with Crippen LogP contribution in [-0.4, -0.2) is 29.8 Å². The second-order valence-electron chi connectivity index (χ2n) is 4.59. The Morgan fingerprint density at radius 3 is 2.84 bits per heavy atom. The normalized spacial score (nSPS) is 19.3. The SMILES string of the molecule is NC(=O)C1CCCN(C(=O)c2cccc(Br)c2F)C1. The molecule has 0 radical (unpaired) electrons. The van der Waals surface area contributed by atoms with Crippen LogP contribution in [0.1, 0.15) is 23.2 Å². The minimum absolute atomic E-state index is 0.0134.